The number of nitrogens with one attached hydrogen (secondary N) is 1. The molecule has 0 spiro atoms. The molecular formula is C19H21N3O3. The molecule has 1 unspecified atom stereocenters. The van der Waals surface area contributed by atoms with Gasteiger partial charge in [0.25, 0.3) is 0 Å². The summed E-state index contributed by atoms with van der Waals surface area (Å²) in [5.41, 5.74) is 1.65. The first-order valence-electron chi connectivity index (χ1n) is 8.79. The van der Waals surface area contributed by atoms with E-state index in [1.54, 1.807) is 0 Å². The molecule has 1 saturated heterocycles. The monoisotopic (exact) mass is 339 g/mol. The van der Waals surface area contributed by atoms with Crippen molar-refractivity contribution in [2.75, 3.05) is 6.54 Å². The SMILES string of the molecule is O=C(NCc1cc(-c2ccccc2)on1)C1CCC(=O)N(C2CC2)C1. The first-order chi connectivity index (χ1) is 12.2. The quantitative estimate of drug-likeness (QED) is 0.907. The number of benzene rings is 1. The van der Waals surface area contributed by atoms with Crippen molar-refractivity contribution in [3.8, 4) is 11.3 Å². The van der Waals surface area contributed by atoms with Crippen molar-refractivity contribution in [1.82, 2.24) is 15.4 Å². The second-order valence-electron chi connectivity index (χ2n) is 6.78. The smallest absolute Gasteiger partial charge is 0.225 e. The molecule has 0 bridgehead atoms. The maximum absolute atomic E-state index is 12.4. The van der Waals surface area contributed by atoms with Gasteiger partial charge in [-0.3, -0.25) is 9.59 Å². The van der Waals surface area contributed by atoms with Crippen molar-refractivity contribution < 1.29 is 14.1 Å². The highest BCUT2D eigenvalue weighted by Crippen LogP contribution is 2.31. The van der Waals surface area contributed by atoms with Gasteiger partial charge in [0.2, 0.25) is 11.8 Å². The third-order valence-corrected chi connectivity index (χ3v) is 4.86. The van der Waals surface area contributed by atoms with E-state index < -0.39 is 0 Å². The van der Waals surface area contributed by atoms with Gasteiger partial charge in [0.1, 0.15) is 5.69 Å². The number of carbonyl (C=O) groups excluding carboxylic acids is 2. The summed E-state index contributed by atoms with van der Waals surface area (Å²) in [4.78, 5) is 26.3. The number of carbonyl (C=O) groups is 2. The largest absolute Gasteiger partial charge is 0.356 e. The third kappa shape index (κ3) is 3.57. The number of rotatable bonds is 5. The Morgan fingerprint density at radius 1 is 1.24 bits per heavy atom. The van der Waals surface area contributed by atoms with Gasteiger partial charge in [-0.15, -0.1) is 0 Å². The Morgan fingerprint density at radius 2 is 2.04 bits per heavy atom. The molecule has 1 aliphatic heterocycles. The van der Waals surface area contributed by atoms with Crippen molar-refractivity contribution in [3.05, 3.63) is 42.1 Å². The average molecular weight is 339 g/mol. The highest BCUT2D eigenvalue weighted by molar-refractivity contribution is 5.84. The lowest BCUT2D eigenvalue weighted by Crippen LogP contribution is -2.46. The molecule has 1 atom stereocenters. The fourth-order valence-electron chi connectivity index (χ4n) is 3.28. The predicted molar refractivity (Wildman–Crippen MR) is 91.2 cm³/mol. The standard InChI is InChI=1S/C19H21N3O3/c23-18-9-6-14(12-22(18)16-7-8-16)19(24)20-11-15-10-17(25-21-15)13-4-2-1-3-5-13/h1-5,10,14,16H,6-9,11-12H2,(H,20,24). The van der Waals surface area contributed by atoms with Gasteiger partial charge in [-0.05, 0) is 19.3 Å². The predicted octanol–water partition coefficient (Wildman–Crippen LogP) is 2.36. The molecule has 2 fully saturated rings. The summed E-state index contributed by atoms with van der Waals surface area (Å²) in [5, 5.41) is 6.95. The van der Waals surface area contributed by atoms with Crippen LogP contribution in [0.1, 0.15) is 31.4 Å². The Labute approximate surface area is 146 Å². The zero-order valence-corrected chi connectivity index (χ0v) is 14.0. The van der Waals surface area contributed by atoms with Gasteiger partial charge in [0, 0.05) is 30.6 Å². The molecule has 2 aliphatic rings. The van der Waals surface area contributed by atoms with Crippen LogP contribution in [-0.2, 0) is 16.1 Å². The minimum atomic E-state index is -0.126. The highest BCUT2D eigenvalue weighted by atomic mass is 16.5. The van der Waals surface area contributed by atoms with E-state index in [-0.39, 0.29) is 17.7 Å². The van der Waals surface area contributed by atoms with Crippen molar-refractivity contribution >= 4 is 11.8 Å². The van der Waals surface area contributed by atoms with E-state index >= 15 is 0 Å². The molecule has 2 aromatic rings. The molecule has 6 nitrogen and oxygen atoms in total. The molecule has 2 heterocycles. The normalized spacial score (nSPS) is 20.6. The summed E-state index contributed by atoms with van der Waals surface area (Å²) >= 11 is 0. The van der Waals surface area contributed by atoms with Crippen molar-refractivity contribution in [2.24, 2.45) is 5.92 Å². The zero-order chi connectivity index (χ0) is 17.2. The second-order valence-corrected chi connectivity index (χ2v) is 6.78. The Balaban J connectivity index is 1.33. The van der Waals surface area contributed by atoms with E-state index in [4.69, 9.17) is 4.52 Å². The molecule has 1 N–H and O–H groups in total. The number of amides is 2. The van der Waals surface area contributed by atoms with Crippen LogP contribution in [0.5, 0.6) is 0 Å². The van der Waals surface area contributed by atoms with Crippen molar-refractivity contribution in [2.45, 2.75) is 38.3 Å². The van der Waals surface area contributed by atoms with Crippen LogP contribution in [0, 0.1) is 5.92 Å². The van der Waals surface area contributed by atoms with E-state index in [2.05, 4.69) is 10.5 Å². The van der Waals surface area contributed by atoms with Crippen LogP contribution >= 0.6 is 0 Å². The number of aromatic nitrogens is 1. The Hall–Kier alpha value is -2.63. The molecule has 130 valence electrons. The summed E-state index contributed by atoms with van der Waals surface area (Å²) in [6.45, 7) is 0.881. The molecular weight excluding hydrogens is 318 g/mol. The summed E-state index contributed by atoms with van der Waals surface area (Å²) < 4.78 is 5.35. The van der Waals surface area contributed by atoms with Gasteiger partial charge in [0.05, 0.1) is 12.5 Å². The Bertz CT molecular complexity index is 767. The molecule has 1 aromatic carbocycles. The van der Waals surface area contributed by atoms with E-state index in [9.17, 15) is 9.59 Å². The molecule has 1 aliphatic carbocycles. The molecule has 25 heavy (non-hydrogen) atoms. The molecule has 1 saturated carbocycles. The fraction of sp³-hybridized carbons (Fsp3) is 0.421. The molecule has 4 rings (SSSR count). The minimum Gasteiger partial charge on any atom is -0.356 e. The first-order valence-corrected chi connectivity index (χ1v) is 8.79. The number of piperidine rings is 1. The van der Waals surface area contributed by atoms with Gasteiger partial charge in [-0.25, -0.2) is 0 Å². The Kier molecular flexibility index (Phi) is 4.26. The number of nitrogens with zero attached hydrogens (tertiary/aromatic N) is 2. The average Bonchev–Trinajstić information content (AvgIpc) is 3.38. The summed E-state index contributed by atoms with van der Waals surface area (Å²) in [5.74, 6) is 0.741. The zero-order valence-electron chi connectivity index (χ0n) is 14.0. The van der Waals surface area contributed by atoms with Crippen LogP contribution < -0.4 is 5.32 Å². The second kappa shape index (κ2) is 6.70. The number of hydrogen-bond acceptors (Lipinski definition) is 4. The van der Waals surface area contributed by atoms with Gasteiger partial charge < -0.3 is 14.7 Å². The van der Waals surface area contributed by atoms with Crippen molar-refractivity contribution in [1.29, 1.82) is 0 Å². The van der Waals surface area contributed by atoms with Gasteiger partial charge in [-0.1, -0.05) is 35.5 Å². The van der Waals surface area contributed by atoms with Crippen LogP contribution in [0.3, 0.4) is 0 Å². The fourth-order valence-corrected chi connectivity index (χ4v) is 3.28. The van der Waals surface area contributed by atoms with E-state index in [1.807, 2.05) is 41.3 Å². The van der Waals surface area contributed by atoms with Gasteiger partial charge in [0.15, 0.2) is 5.76 Å². The summed E-state index contributed by atoms with van der Waals surface area (Å²) in [6, 6.07) is 11.9. The molecule has 1 aromatic heterocycles. The third-order valence-electron chi connectivity index (χ3n) is 4.86. The van der Waals surface area contributed by atoms with Crippen LogP contribution in [0.25, 0.3) is 11.3 Å². The first kappa shape index (κ1) is 15.9. The van der Waals surface area contributed by atoms with Crippen LogP contribution in [0.15, 0.2) is 40.9 Å². The van der Waals surface area contributed by atoms with Gasteiger partial charge in [-0.2, -0.15) is 0 Å². The van der Waals surface area contributed by atoms with Gasteiger partial charge >= 0.3 is 0 Å². The van der Waals surface area contributed by atoms with E-state index in [0.29, 0.717) is 43.4 Å². The molecule has 2 amide bonds. The lowest BCUT2D eigenvalue weighted by Gasteiger charge is -2.32. The van der Waals surface area contributed by atoms with E-state index in [1.165, 1.54) is 0 Å². The molecule has 6 heteroatoms. The van der Waals surface area contributed by atoms with Crippen LogP contribution in [-0.4, -0.2) is 34.5 Å². The van der Waals surface area contributed by atoms with Crippen molar-refractivity contribution in [3.63, 3.8) is 0 Å². The number of likely N-dealkylation sites (tertiary alicyclic amines) is 1. The number of hydrogen-bond donors (Lipinski definition) is 1. The Morgan fingerprint density at radius 3 is 2.80 bits per heavy atom. The minimum absolute atomic E-state index is 0.0117. The van der Waals surface area contributed by atoms with Crippen LogP contribution in [0.4, 0.5) is 0 Å². The van der Waals surface area contributed by atoms with E-state index in [0.717, 1.165) is 18.4 Å². The maximum Gasteiger partial charge on any atom is 0.225 e. The lowest BCUT2D eigenvalue weighted by atomic mass is 9.96. The summed E-state index contributed by atoms with van der Waals surface area (Å²) in [6.07, 6.45) is 3.24. The molecule has 0 radical (unpaired) electrons. The van der Waals surface area contributed by atoms with Crippen LogP contribution in [0.2, 0.25) is 0 Å². The lowest BCUT2D eigenvalue weighted by molar-refractivity contribution is -0.138. The summed E-state index contributed by atoms with van der Waals surface area (Å²) in [7, 11) is 0. The topological polar surface area (TPSA) is 75.4 Å². The maximum atomic E-state index is 12.4. The highest BCUT2D eigenvalue weighted by Gasteiger charge is 2.38.